The molecule has 0 aromatic heterocycles. The Morgan fingerprint density at radius 2 is 2.62 bits per heavy atom. The highest BCUT2D eigenvalue weighted by atomic mass is 16.1. The summed E-state index contributed by atoms with van der Waals surface area (Å²) in [6.45, 7) is 3.29. The van der Waals surface area contributed by atoms with Crippen molar-refractivity contribution in [2.45, 2.75) is 6.42 Å². The topological polar surface area (TPSA) is 55.0 Å². The molecule has 0 aromatic carbocycles. The molecule has 0 aliphatic heterocycles. The monoisotopic (exact) mass is 109 g/mol. The summed E-state index contributed by atoms with van der Waals surface area (Å²) in [5, 5.41) is 10.7. The van der Waals surface area contributed by atoms with E-state index >= 15 is 0 Å². The third kappa shape index (κ3) is 2.91. The lowest BCUT2D eigenvalue weighted by molar-refractivity contribution is -0.119. The van der Waals surface area contributed by atoms with E-state index in [1.165, 1.54) is 12.3 Å². The van der Waals surface area contributed by atoms with Crippen molar-refractivity contribution >= 4 is 5.91 Å². The van der Waals surface area contributed by atoms with Gasteiger partial charge in [-0.3, -0.25) is 4.79 Å². The fourth-order valence-electron chi connectivity index (χ4n) is 0.225. The van der Waals surface area contributed by atoms with E-state index in [0.717, 1.165) is 0 Å². The van der Waals surface area contributed by atoms with Crippen molar-refractivity contribution in [3.63, 3.8) is 0 Å². The summed E-state index contributed by atoms with van der Waals surface area (Å²) in [6, 6.07) is 0. The molecule has 0 fully saturated rings. The van der Waals surface area contributed by atoms with E-state index in [9.17, 15) is 4.79 Å². The standard InChI is InChI=1S/C5H5N2O/c1-2-3-5(8)7-4-6/h2H,1,3H2. The van der Waals surface area contributed by atoms with Crippen LogP contribution in [-0.4, -0.2) is 5.91 Å². The molecule has 41 valence electrons. The molecule has 1 amide bonds. The van der Waals surface area contributed by atoms with Crippen LogP contribution >= 0.6 is 0 Å². The Morgan fingerprint density at radius 3 is 3.00 bits per heavy atom. The fraction of sp³-hybridized carbons (Fsp3) is 0.200. The highest BCUT2D eigenvalue weighted by Gasteiger charge is 1.94. The molecule has 0 saturated carbocycles. The van der Waals surface area contributed by atoms with Gasteiger partial charge in [-0.1, -0.05) is 6.08 Å². The third-order valence-electron chi connectivity index (χ3n) is 0.494. The van der Waals surface area contributed by atoms with Gasteiger partial charge in [-0.05, 0) is 0 Å². The molecule has 8 heavy (non-hydrogen) atoms. The number of nitriles is 1. The number of rotatable bonds is 2. The molecular formula is C5H5N2O. The second-order valence-corrected chi connectivity index (χ2v) is 1.10. The number of carbonyl (C=O) groups excluding carboxylic acids is 1. The van der Waals surface area contributed by atoms with Gasteiger partial charge < -0.3 is 0 Å². The lowest BCUT2D eigenvalue weighted by atomic mass is 10.4. The second-order valence-electron chi connectivity index (χ2n) is 1.10. The minimum Gasteiger partial charge on any atom is -0.271 e. The Bertz CT molecular complexity index is 134. The molecule has 0 N–H and O–H groups in total. The average molecular weight is 109 g/mol. The second kappa shape index (κ2) is 3.88. The van der Waals surface area contributed by atoms with Crippen molar-refractivity contribution in [2.75, 3.05) is 0 Å². The van der Waals surface area contributed by atoms with Crippen LogP contribution < -0.4 is 5.32 Å². The molecule has 0 heterocycles. The maximum atomic E-state index is 10.2. The average Bonchev–Trinajstić information content (AvgIpc) is 1.68. The van der Waals surface area contributed by atoms with Gasteiger partial charge in [-0.2, -0.15) is 5.26 Å². The van der Waals surface area contributed by atoms with Crippen LogP contribution in [0.1, 0.15) is 6.42 Å². The molecule has 0 rings (SSSR count). The van der Waals surface area contributed by atoms with Gasteiger partial charge >= 0.3 is 0 Å². The first kappa shape index (κ1) is 6.70. The van der Waals surface area contributed by atoms with E-state index in [1.807, 2.05) is 0 Å². The van der Waals surface area contributed by atoms with Crippen LogP contribution in [0.3, 0.4) is 0 Å². The highest BCUT2D eigenvalue weighted by Crippen LogP contribution is 1.77. The molecule has 0 unspecified atom stereocenters. The Hall–Kier alpha value is -1.30. The molecule has 3 heteroatoms. The number of carbonyl (C=O) groups is 1. The highest BCUT2D eigenvalue weighted by molar-refractivity contribution is 5.78. The molecule has 0 aromatic rings. The zero-order valence-electron chi connectivity index (χ0n) is 4.29. The molecular weight excluding hydrogens is 104 g/mol. The molecule has 0 atom stereocenters. The van der Waals surface area contributed by atoms with E-state index < -0.39 is 5.91 Å². The van der Waals surface area contributed by atoms with Crippen LogP contribution in [0.2, 0.25) is 0 Å². The van der Waals surface area contributed by atoms with Crippen molar-refractivity contribution in [1.29, 1.82) is 5.26 Å². The van der Waals surface area contributed by atoms with Gasteiger partial charge in [-0.15, -0.1) is 11.9 Å². The van der Waals surface area contributed by atoms with Crippen molar-refractivity contribution in [1.82, 2.24) is 5.32 Å². The smallest absolute Gasteiger partial charge is 0.259 e. The SMILES string of the molecule is C=CCC(=O)[N]C#N. The molecule has 3 nitrogen and oxygen atoms in total. The van der Waals surface area contributed by atoms with Gasteiger partial charge in [0.05, 0.1) is 0 Å². The lowest BCUT2D eigenvalue weighted by Gasteiger charge is -1.81. The summed E-state index contributed by atoms with van der Waals surface area (Å²) in [6.07, 6.45) is 2.93. The van der Waals surface area contributed by atoms with Crippen LogP contribution in [-0.2, 0) is 4.79 Å². The molecule has 0 aliphatic carbocycles. The Labute approximate surface area is 47.6 Å². The summed E-state index contributed by atoms with van der Waals surface area (Å²) < 4.78 is 0. The van der Waals surface area contributed by atoms with E-state index in [4.69, 9.17) is 5.26 Å². The van der Waals surface area contributed by atoms with Crippen LogP contribution in [0.4, 0.5) is 0 Å². The van der Waals surface area contributed by atoms with Gasteiger partial charge in [0.25, 0.3) is 5.91 Å². The quantitative estimate of drug-likeness (QED) is 0.375. The molecule has 0 spiro atoms. The fourth-order valence-corrected chi connectivity index (χ4v) is 0.225. The van der Waals surface area contributed by atoms with Crippen molar-refractivity contribution in [2.24, 2.45) is 0 Å². The zero-order valence-corrected chi connectivity index (χ0v) is 4.29. The summed E-state index contributed by atoms with van der Waals surface area (Å²) in [5.41, 5.74) is 0. The van der Waals surface area contributed by atoms with Gasteiger partial charge in [0.1, 0.15) is 0 Å². The van der Waals surface area contributed by atoms with Crippen LogP contribution in [0.5, 0.6) is 0 Å². The minimum absolute atomic E-state index is 0.146. The molecule has 1 radical (unpaired) electrons. The van der Waals surface area contributed by atoms with Gasteiger partial charge in [0.2, 0.25) is 6.19 Å². The first-order chi connectivity index (χ1) is 3.81. The molecule has 0 aliphatic rings. The van der Waals surface area contributed by atoms with Gasteiger partial charge in [-0.25, -0.2) is 0 Å². The Balaban J connectivity index is 3.36. The van der Waals surface area contributed by atoms with E-state index in [2.05, 4.69) is 11.9 Å². The molecule has 0 saturated heterocycles. The van der Waals surface area contributed by atoms with Gasteiger partial charge in [0.15, 0.2) is 0 Å². The summed E-state index contributed by atoms with van der Waals surface area (Å²) in [5.74, 6) is -0.442. The maximum absolute atomic E-state index is 10.2. The summed E-state index contributed by atoms with van der Waals surface area (Å²) in [4.78, 5) is 10.2. The zero-order chi connectivity index (χ0) is 6.41. The normalized spacial score (nSPS) is 6.88. The summed E-state index contributed by atoms with van der Waals surface area (Å²) >= 11 is 0. The molecule has 0 bridgehead atoms. The Morgan fingerprint density at radius 1 is 2.00 bits per heavy atom. The van der Waals surface area contributed by atoms with Crippen LogP contribution in [0.15, 0.2) is 12.7 Å². The lowest BCUT2D eigenvalue weighted by Crippen LogP contribution is -2.07. The minimum atomic E-state index is -0.442. The van der Waals surface area contributed by atoms with Gasteiger partial charge in [0, 0.05) is 6.42 Å². The number of hydrogen-bond acceptors (Lipinski definition) is 2. The largest absolute Gasteiger partial charge is 0.271 e. The predicted molar refractivity (Wildman–Crippen MR) is 27.6 cm³/mol. The van der Waals surface area contributed by atoms with Crippen molar-refractivity contribution < 1.29 is 4.79 Å². The van der Waals surface area contributed by atoms with Crippen molar-refractivity contribution in [3.8, 4) is 6.19 Å². The number of hydrogen-bond donors (Lipinski definition) is 0. The summed E-state index contributed by atoms with van der Waals surface area (Å²) in [7, 11) is 0. The first-order valence-electron chi connectivity index (χ1n) is 2.04. The maximum Gasteiger partial charge on any atom is 0.259 e. The van der Waals surface area contributed by atoms with Crippen LogP contribution in [0, 0.1) is 11.5 Å². The number of nitrogens with zero attached hydrogens (tertiary/aromatic N) is 2. The van der Waals surface area contributed by atoms with E-state index in [1.54, 1.807) is 0 Å². The van der Waals surface area contributed by atoms with E-state index in [0.29, 0.717) is 0 Å². The third-order valence-corrected chi connectivity index (χ3v) is 0.494. The van der Waals surface area contributed by atoms with E-state index in [-0.39, 0.29) is 6.42 Å². The first-order valence-corrected chi connectivity index (χ1v) is 2.04. The Kier molecular flexibility index (Phi) is 3.25. The van der Waals surface area contributed by atoms with Crippen LogP contribution in [0.25, 0.3) is 0 Å². The predicted octanol–water partition coefficient (Wildman–Crippen LogP) is 0.175. The van der Waals surface area contributed by atoms with Crippen molar-refractivity contribution in [3.05, 3.63) is 12.7 Å². The number of amides is 1.